The van der Waals surface area contributed by atoms with E-state index in [4.69, 9.17) is 11.6 Å². The van der Waals surface area contributed by atoms with Crippen molar-refractivity contribution in [2.75, 3.05) is 19.6 Å². The van der Waals surface area contributed by atoms with Gasteiger partial charge in [-0.1, -0.05) is 35.9 Å². The molecule has 1 saturated heterocycles. The first-order chi connectivity index (χ1) is 12.1. The van der Waals surface area contributed by atoms with Crippen molar-refractivity contribution in [1.82, 2.24) is 10.2 Å². The lowest BCUT2D eigenvalue weighted by molar-refractivity contribution is -0.136. The van der Waals surface area contributed by atoms with Crippen molar-refractivity contribution in [3.63, 3.8) is 0 Å². The molecule has 0 spiro atoms. The fourth-order valence-electron chi connectivity index (χ4n) is 3.74. The summed E-state index contributed by atoms with van der Waals surface area (Å²) in [6.07, 6.45) is 0.844. The van der Waals surface area contributed by atoms with Crippen LogP contribution < -0.4 is 5.32 Å². The van der Waals surface area contributed by atoms with Gasteiger partial charge in [0, 0.05) is 30.6 Å². The molecule has 2 fully saturated rings. The van der Waals surface area contributed by atoms with Gasteiger partial charge < -0.3 is 10.2 Å². The van der Waals surface area contributed by atoms with Crippen LogP contribution in [0, 0.1) is 11.7 Å². The molecule has 1 heterocycles. The molecule has 2 aromatic carbocycles. The third kappa shape index (κ3) is 3.42. The number of nitrogens with one attached hydrogen (secondary N) is 1. The SMILES string of the molecule is O=C(C1CC1c1ccc(F)cc1)N1CCNCC1c1cccc(Cl)c1. The van der Waals surface area contributed by atoms with Crippen molar-refractivity contribution < 1.29 is 9.18 Å². The van der Waals surface area contributed by atoms with Gasteiger partial charge in [-0.2, -0.15) is 0 Å². The molecule has 0 radical (unpaired) electrons. The molecule has 1 aliphatic carbocycles. The molecule has 1 saturated carbocycles. The van der Waals surface area contributed by atoms with Crippen LogP contribution in [0.15, 0.2) is 48.5 Å². The van der Waals surface area contributed by atoms with E-state index in [1.807, 2.05) is 29.2 Å². The van der Waals surface area contributed by atoms with Gasteiger partial charge in [-0.3, -0.25) is 4.79 Å². The maximum absolute atomic E-state index is 13.1. The second-order valence-corrected chi connectivity index (χ2v) is 7.24. The first-order valence-electron chi connectivity index (χ1n) is 8.65. The van der Waals surface area contributed by atoms with Gasteiger partial charge in [0.15, 0.2) is 0 Å². The summed E-state index contributed by atoms with van der Waals surface area (Å²) in [6.45, 7) is 2.24. The predicted molar refractivity (Wildman–Crippen MR) is 96.0 cm³/mol. The van der Waals surface area contributed by atoms with Crippen LogP contribution >= 0.6 is 11.6 Å². The first-order valence-corrected chi connectivity index (χ1v) is 9.03. The second-order valence-electron chi connectivity index (χ2n) is 6.81. The quantitative estimate of drug-likeness (QED) is 0.906. The van der Waals surface area contributed by atoms with Crippen LogP contribution in [0.3, 0.4) is 0 Å². The Balaban J connectivity index is 1.51. The number of benzene rings is 2. The van der Waals surface area contributed by atoms with Crippen molar-refractivity contribution in [3.05, 3.63) is 70.5 Å². The topological polar surface area (TPSA) is 32.3 Å². The van der Waals surface area contributed by atoms with Crippen LogP contribution in [-0.4, -0.2) is 30.4 Å². The van der Waals surface area contributed by atoms with Crippen LogP contribution in [0.25, 0.3) is 0 Å². The maximum atomic E-state index is 13.1. The van der Waals surface area contributed by atoms with E-state index >= 15 is 0 Å². The Morgan fingerprint density at radius 1 is 1.16 bits per heavy atom. The minimum Gasteiger partial charge on any atom is -0.333 e. The lowest BCUT2D eigenvalue weighted by atomic mass is 10.0. The number of carbonyl (C=O) groups excluding carboxylic acids is 1. The number of carbonyl (C=O) groups is 1. The summed E-state index contributed by atoms with van der Waals surface area (Å²) in [6, 6.07) is 14.3. The summed E-state index contributed by atoms with van der Waals surface area (Å²) in [5.74, 6) is 0.171. The highest BCUT2D eigenvalue weighted by atomic mass is 35.5. The van der Waals surface area contributed by atoms with E-state index in [-0.39, 0.29) is 29.6 Å². The Bertz CT molecular complexity index is 780. The Hall–Kier alpha value is -1.91. The van der Waals surface area contributed by atoms with E-state index in [2.05, 4.69) is 5.32 Å². The largest absolute Gasteiger partial charge is 0.333 e. The predicted octanol–water partition coefficient (Wildman–Crippen LogP) is 3.76. The van der Waals surface area contributed by atoms with Crippen molar-refractivity contribution in [3.8, 4) is 0 Å². The smallest absolute Gasteiger partial charge is 0.226 e. The van der Waals surface area contributed by atoms with Crippen molar-refractivity contribution in [1.29, 1.82) is 0 Å². The highest BCUT2D eigenvalue weighted by Crippen LogP contribution is 2.49. The van der Waals surface area contributed by atoms with Crippen LogP contribution in [0.1, 0.15) is 29.5 Å². The van der Waals surface area contributed by atoms with Crippen LogP contribution in [0.4, 0.5) is 4.39 Å². The molecule has 4 rings (SSSR count). The highest BCUT2D eigenvalue weighted by Gasteiger charge is 2.47. The lowest BCUT2D eigenvalue weighted by Gasteiger charge is -2.37. The molecule has 1 N–H and O–H groups in total. The summed E-state index contributed by atoms with van der Waals surface area (Å²) in [4.78, 5) is 15.1. The zero-order valence-corrected chi connectivity index (χ0v) is 14.5. The Kier molecular flexibility index (Phi) is 4.48. The molecule has 130 valence electrons. The molecule has 0 bridgehead atoms. The van der Waals surface area contributed by atoms with Crippen LogP contribution in [0.5, 0.6) is 0 Å². The summed E-state index contributed by atoms with van der Waals surface area (Å²) < 4.78 is 13.1. The second kappa shape index (κ2) is 6.77. The normalized spacial score (nSPS) is 25.7. The van der Waals surface area contributed by atoms with Crippen molar-refractivity contribution in [2.45, 2.75) is 18.4 Å². The molecule has 2 aliphatic rings. The number of halogens is 2. The van der Waals surface area contributed by atoms with Gasteiger partial charge in [0.05, 0.1) is 6.04 Å². The van der Waals surface area contributed by atoms with Crippen molar-refractivity contribution >= 4 is 17.5 Å². The van der Waals surface area contributed by atoms with E-state index in [1.54, 1.807) is 12.1 Å². The molecule has 5 heteroatoms. The number of hydrogen-bond acceptors (Lipinski definition) is 2. The number of amides is 1. The fraction of sp³-hybridized carbons (Fsp3) is 0.350. The molecule has 2 aromatic rings. The van der Waals surface area contributed by atoms with Crippen molar-refractivity contribution in [2.24, 2.45) is 5.92 Å². The Morgan fingerprint density at radius 3 is 2.72 bits per heavy atom. The minimum absolute atomic E-state index is 0.00486. The van der Waals surface area contributed by atoms with E-state index in [0.29, 0.717) is 11.6 Å². The van der Waals surface area contributed by atoms with Gasteiger partial charge in [0.2, 0.25) is 5.91 Å². The van der Waals surface area contributed by atoms with Crippen LogP contribution in [-0.2, 0) is 4.79 Å². The Labute approximate surface area is 151 Å². The zero-order valence-electron chi connectivity index (χ0n) is 13.8. The Morgan fingerprint density at radius 2 is 1.96 bits per heavy atom. The summed E-state index contributed by atoms with van der Waals surface area (Å²) in [7, 11) is 0. The molecular weight excluding hydrogens is 339 g/mol. The molecule has 3 unspecified atom stereocenters. The van der Waals surface area contributed by atoms with E-state index in [9.17, 15) is 9.18 Å². The molecule has 3 atom stereocenters. The van der Waals surface area contributed by atoms with Gasteiger partial charge in [-0.05, 0) is 47.7 Å². The highest BCUT2D eigenvalue weighted by molar-refractivity contribution is 6.30. The zero-order chi connectivity index (χ0) is 17.4. The number of piperazine rings is 1. The average molecular weight is 359 g/mol. The van der Waals surface area contributed by atoms with Gasteiger partial charge in [-0.25, -0.2) is 4.39 Å². The summed E-state index contributed by atoms with van der Waals surface area (Å²) in [5.41, 5.74) is 2.11. The molecule has 25 heavy (non-hydrogen) atoms. The lowest BCUT2D eigenvalue weighted by Crippen LogP contribution is -2.49. The summed E-state index contributed by atoms with van der Waals surface area (Å²) in [5, 5.41) is 4.05. The molecular formula is C20H20ClFN2O. The monoisotopic (exact) mass is 358 g/mol. The average Bonchev–Trinajstić information content (AvgIpc) is 3.42. The van der Waals surface area contributed by atoms with Gasteiger partial charge in [0.1, 0.15) is 5.82 Å². The third-order valence-electron chi connectivity index (χ3n) is 5.17. The van der Waals surface area contributed by atoms with Gasteiger partial charge in [-0.15, -0.1) is 0 Å². The summed E-state index contributed by atoms with van der Waals surface area (Å²) >= 11 is 6.13. The van der Waals surface area contributed by atoms with Crippen LogP contribution in [0.2, 0.25) is 5.02 Å². The number of nitrogens with zero attached hydrogens (tertiary/aromatic N) is 1. The van der Waals surface area contributed by atoms with Gasteiger partial charge >= 0.3 is 0 Å². The minimum atomic E-state index is -0.240. The fourth-order valence-corrected chi connectivity index (χ4v) is 3.94. The number of hydrogen-bond donors (Lipinski definition) is 1. The third-order valence-corrected chi connectivity index (χ3v) is 5.40. The molecule has 3 nitrogen and oxygen atoms in total. The van der Waals surface area contributed by atoms with E-state index in [0.717, 1.165) is 30.6 Å². The van der Waals surface area contributed by atoms with E-state index < -0.39 is 0 Å². The standard InChI is InChI=1S/C20H20ClFN2O/c21-15-3-1-2-14(10-15)19-12-23-8-9-24(19)20(25)18-11-17(18)13-4-6-16(22)7-5-13/h1-7,10,17-19,23H,8-9,11-12H2. The maximum Gasteiger partial charge on any atom is 0.226 e. The number of rotatable bonds is 3. The van der Waals surface area contributed by atoms with E-state index in [1.165, 1.54) is 12.1 Å². The first kappa shape index (κ1) is 16.6. The molecule has 1 aliphatic heterocycles. The van der Waals surface area contributed by atoms with Gasteiger partial charge in [0.25, 0.3) is 0 Å². The molecule has 1 amide bonds. The molecule has 0 aromatic heterocycles.